The summed E-state index contributed by atoms with van der Waals surface area (Å²) in [6.07, 6.45) is 4.20. The third-order valence-electron chi connectivity index (χ3n) is 5.06. The highest BCUT2D eigenvalue weighted by Gasteiger charge is 2.47. The summed E-state index contributed by atoms with van der Waals surface area (Å²) >= 11 is 0. The normalized spacial score (nSPS) is 19.4. The Morgan fingerprint density at radius 1 is 1.05 bits per heavy atom. The highest BCUT2D eigenvalue weighted by molar-refractivity contribution is 7.04. The predicted molar refractivity (Wildman–Crippen MR) is 110 cm³/mol. The van der Waals surface area contributed by atoms with Crippen LogP contribution >= 0.6 is 0 Å². The summed E-state index contributed by atoms with van der Waals surface area (Å²) in [6.45, 7) is 18.1. The first-order chi connectivity index (χ1) is 10.3. The smallest absolute Gasteiger partial charge is 0.141 e. The van der Waals surface area contributed by atoms with Crippen LogP contribution in [0.25, 0.3) is 0 Å². The molecule has 1 nitrogen and oxygen atoms in total. The number of benzene rings is 1. The lowest BCUT2D eigenvalue weighted by atomic mass is 10.3. The van der Waals surface area contributed by atoms with Crippen LogP contribution in [0.15, 0.2) is 49.6 Å². The number of allylic oxidation sites excluding steroid dienone is 2. The van der Waals surface area contributed by atoms with Crippen molar-refractivity contribution in [1.82, 2.24) is 0 Å². The third-order valence-corrected chi connectivity index (χ3v) is 18.2. The molecule has 1 aliphatic rings. The van der Waals surface area contributed by atoms with Crippen molar-refractivity contribution in [2.45, 2.75) is 50.4 Å². The first-order valence-electron chi connectivity index (χ1n) is 8.44. The molecule has 0 radical (unpaired) electrons. The quantitative estimate of drug-likeness (QED) is 0.532. The molecule has 1 aromatic carbocycles. The first-order valence-corrected chi connectivity index (χ1v) is 17.0. The summed E-state index contributed by atoms with van der Waals surface area (Å²) in [5.74, 6) is 0. The van der Waals surface area contributed by atoms with Crippen molar-refractivity contribution >= 4 is 36.1 Å². The van der Waals surface area contributed by atoms with Crippen LogP contribution < -0.4 is 9.42 Å². The molecule has 22 heavy (non-hydrogen) atoms. The average molecular weight is 346 g/mol. The first kappa shape index (κ1) is 17.5. The summed E-state index contributed by atoms with van der Waals surface area (Å²) < 4.78 is 2.91. The topological polar surface area (TPSA) is 3.24 Å². The van der Waals surface area contributed by atoms with E-state index in [0.29, 0.717) is 0 Å². The van der Waals surface area contributed by atoms with Crippen molar-refractivity contribution in [3.8, 4) is 0 Å². The van der Waals surface area contributed by atoms with Crippen LogP contribution in [0.3, 0.4) is 0 Å². The lowest BCUT2D eigenvalue weighted by Crippen LogP contribution is -2.55. The molecule has 1 saturated heterocycles. The number of rotatable bonds is 6. The van der Waals surface area contributed by atoms with Crippen molar-refractivity contribution < 1.29 is 0 Å². The van der Waals surface area contributed by atoms with E-state index in [1.54, 1.807) is 5.19 Å². The van der Waals surface area contributed by atoms with E-state index in [0.717, 1.165) is 12.1 Å². The molecule has 0 bridgehead atoms. The van der Waals surface area contributed by atoms with Gasteiger partial charge in [-0.3, -0.25) is 0 Å². The predicted octanol–water partition coefficient (Wildman–Crippen LogP) is 4.72. The van der Waals surface area contributed by atoms with Crippen LogP contribution in [-0.4, -0.2) is 25.3 Å². The second-order valence-corrected chi connectivity index (χ2v) is 20.4. The molecule has 1 heterocycles. The Bertz CT molecular complexity index is 525. The summed E-state index contributed by atoms with van der Waals surface area (Å²) in [7, 11) is -3.52. The lowest BCUT2D eigenvalue weighted by molar-refractivity contribution is 1.35. The number of hydrogen-bond acceptors (Lipinski definition) is 1. The van der Waals surface area contributed by atoms with Gasteiger partial charge in [-0.1, -0.05) is 55.7 Å². The second kappa shape index (κ2) is 6.72. The Labute approximate surface area is 140 Å². The Hall–Kier alpha value is -0.849. The van der Waals surface area contributed by atoms with Gasteiger partial charge in [-0.15, -0.1) is 13.2 Å². The van der Waals surface area contributed by atoms with Crippen molar-refractivity contribution in [3.05, 3.63) is 49.6 Å². The van der Waals surface area contributed by atoms with E-state index in [-0.39, 0.29) is 0 Å². The third kappa shape index (κ3) is 3.55. The van der Waals surface area contributed by atoms with Crippen molar-refractivity contribution in [2.24, 2.45) is 0 Å². The van der Waals surface area contributed by atoms with E-state index in [4.69, 9.17) is 0 Å². The highest BCUT2D eigenvalue weighted by Crippen LogP contribution is 2.40. The van der Waals surface area contributed by atoms with Gasteiger partial charge in [0.05, 0.1) is 8.80 Å². The van der Waals surface area contributed by atoms with Crippen LogP contribution in [0.5, 0.6) is 0 Å². The van der Waals surface area contributed by atoms with E-state index >= 15 is 0 Å². The van der Waals surface area contributed by atoms with Gasteiger partial charge in [0.15, 0.2) is 0 Å². The fraction of sp³-hybridized carbons (Fsp3) is 0.444. The molecule has 1 fully saturated rings. The van der Waals surface area contributed by atoms with Crippen molar-refractivity contribution in [1.29, 1.82) is 0 Å². The minimum atomic E-state index is -1.27. The standard InChI is InChI=1S/C18H31NSi3/c1-7-12-20(13-8-2)18-11-9-10-17(16-18)19-21(3,4)14-15-22(19,5)6/h7-11,16,20H,1-2,12-15H2,3-6H3. The van der Waals surface area contributed by atoms with E-state index < -0.39 is 25.3 Å². The van der Waals surface area contributed by atoms with Gasteiger partial charge in [0.2, 0.25) is 0 Å². The number of anilines is 1. The average Bonchev–Trinajstić information content (AvgIpc) is 2.67. The highest BCUT2D eigenvalue weighted by atomic mass is 28.4. The molecule has 120 valence electrons. The fourth-order valence-electron chi connectivity index (χ4n) is 4.04. The van der Waals surface area contributed by atoms with Gasteiger partial charge in [-0.05, 0) is 36.3 Å². The maximum absolute atomic E-state index is 3.96. The SMILES string of the molecule is C=CC[SiH](CC=C)c1cccc(N2[Si](C)(C)CC[Si]2(C)C)c1. The lowest BCUT2D eigenvalue weighted by Gasteiger charge is -2.41. The van der Waals surface area contributed by atoms with Crippen LogP contribution in [0.2, 0.25) is 50.4 Å². The molecule has 0 saturated carbocycles. The van der Waals surface area contributed by atoms with Gasteiger partial charge in [-0.2, -0.15) is 0 Å². The van der Waals surface area contributed by atoms with Gasteiger partial charge >= 0.3 is 0 Å². The number of hydrogen-bond donors (Lipinski definition) is 0. The molecule has 0 atom stereocenters. The molecule has 0 aromatic heterocycles. The molecular formula is C18H31NSi3. The van der Waals surface area contributed by atoms with E-state index in [1.807, 2.05) is 0 Å². The zero-order valence-corrected chi connectivity index (χ0v) is 17.9. The van der Waals surface area contributed by atoms with Gasteiger partial charge in [-0.25, -0.2) is 0 Å². The van der Waals surface area contributed by atoms with Crippen molar-refractivity contribution in [2.75, 3.05) is 4.23 Å². The molecule has 4 heteroatoms. The molecular weight excluding hydrogens is 314 g/mol. The Morgan fingerprint density at radius 3 is 2.09 bits per heavy atom. The minimum absolute atomic E-state index is 0.981. The number of nitrogens with zero attached hydrogens (tertiary/aromatic N) is 1. The van der Waals surface area contributed by atoms with Gasteiger partial charge in [0, 0.05) is 5.69 Å². The second-order valence-electron chi connectivity index (χ2n) is 7.80. The summed E-state index contributed by atoms with van der Waals surface area (Å²) in [4.78, 5) is 0. The van der Waals surface area contributed by atoms with Crippen LogP contribution in [0.1, 0.15) is 0 Å². The molecule has 1 aliphatic heterocycles. The monoisotopic (exact) mass is 345 g/mol. The zero-order chi connectivity index (χ0) is 16.4. The molecule has 0 amide bonds. The van der Waals surface area contributed by atoms with E-state index in [1.165, 1.54) is 17.8 Å². The molecule has 0 unspecified atom stereocenters. The van der Waals surface area contributed by atoms with Crippen LogP contribution in [0, 0.1) is 0 Å². The van der Waals surface area contributed by atoms with E-state index in [9.17, 15) is 0 Å². The zero-order valence-electron chi connectivity index (χ0n) is 14.7. The Morgan fingerprint density at radius 2 is 1.59 bits per heavy atom. The molecule has 0 spiro atoms. The molecule has 0 aliphatic carbocycles. The summed E-state index contributed by atoms with van der Waals surface area (Å²) in [5, 5.41) is 1.58. The molecule has 2 rings (SSSR count). The van der Waals surface area contributed by atoms with Crippen LogP contribution in [-0.2, 0) is 0 Å². The largest absolute Gasteiger partial charge is 0.424 e. The fourth-order valence-corrected chi connectivity index (χ4v) is 20.6. The molecule has 0 N–H and O–H groups in total. The van der Waals surface area contributed by atoms with E-state index in [2.05, 4.69) is 80.0 Å². The minimum Gasteiger partial charge on any atom is -0.424 e. The van der Waals surface area contributed by atoms with Crippen molar-refractivity contribution in [3.63, 3.8) is 0 Å². The summed E-state index contributed by atoms with van der Waals surface area (Å²) in [5.41, 5.74) is 1.51. The Balaban J connectivity index is 2.38. The van der Waals surface area contributed by atoms with Gasteiger partial charge in [0.1, 0.15) is 16.5 Å². The Kier molecular flexibility index (Phi) is 5.35. The molecule has 1 aromatic rings. The maximum Gasteiger partial charge on any atom is 0.141 e. The van der Waals surface area contributed by atoms with Gasteiger partial charge in [0.25, 0.3) is 0 Å². The van der Waals surface area contributed by atoms with Gasteiger partial charge < -0.3 is 4.23 Å². The summed E-state index contributed by atoms with van der Waals surface area (Å²) in [6, 6.07) is 14.7. The van der Waals surface area contributed by atoms with Crippen LogP contribution in [0.4, 0.5) is 5.69 Å². The maximum atomic E-state index is 3.96.